The third-order valence-electron chi connectivity index (χ3n) is 5.74. The van der Waals surface area contributed by atoms with E-state index in [1.54, 1.807) is 0 Å². The Balaban J connectivity index is 1.45. The molecule has 2 aliphatic rings. The van der Waals surface area contributed by atoms with E-state index in [0.717, 1.165) is 37.9 Å². The molecular formula is C24H30N2O. The predicted molar refractivity (Wildman–Crippen MR) is 111 cm³/mol. The first-order chi connectivity index (χ1) is 13.1. The number of benzene rings is 2. The lowest BCUT2D eigenvalue weighted by Gasteiger charge is -2.33. The summed E-state index contributed by atoms with van der Waals surface area (Å²) in [6.07, 6.45) is 4.72. The van der Waals surface area contributed by atoms with Gasteiger partial charge < -0.3 is 10.5 Å². The van der Waals surface area contributed by atoms with Crippen molar-refractivity contribution >= 4 is 0 Å². The molecule has 0 spiro atoms. The van der Waals surface area contributed by atoms with Crippen LogP contribution in [0.15, 0.2) is 55.1 Å². The zero-order valence-corrected chi connectivity index (χ0v) is 16.2. The van der Waals surface area contributed by atoms with Gasteiger partial charge in [0, 0.05) is 31.6 Å². The van der Waals surface area contributed by atoms with Gasteiger partial charge >= 0.3 is 0 Å². The van der Waals surface area contributed by atoms with Crippen molar-refractivity contribution in [2.75, 3.05) is 13.2 Å². The maximum absolute atomic E-state index is 5.98. The first kappa shape index (κ1) is 18.3. The van der Waals surface area contributed by atoms with E-state index in [2.05, 4.69) is 60.0 Å². The zero-order valence-electron chi connectivity index (χ0n) is 16.2. The van der Waals surface area contributed by atoms with E-state index in [9.17, 15) is 0 Å². The third kappa shape index (κ3) is 4.42. The van der Waals surface area contributed by atoms with E-state index in [1.807, 2.05) is 6.92 Å². The molecule has 4 rings (SSSR count). The molecule has 27 heavy (non-hydrogen) atoms. The molecule has 1 heterocycles. The molecule has 0 amide bonds. The molecular weight excluding hydrogens is 332 g/mol. The van der Waals surface area contributed by atoms with Crippen LogP contribution in [-0.4, -0.2) is 18.1 Å². The lowest BCUT2D eigenvalue weighted by Crippen LogP contribution is -2.32. The van der Waals surface area contributed by atoms with Gasteiger partial charge in [0.15, 0.2) is 0 Å². The van der Waals surface area contributed by atoms with E-state index >= 15 is 0 Å². The number of fused-ring (bicyclic) bond motifs is 1. The molecule has 0 aromatic heterocycles. The lowest BCUT2D eigenvalue weighted by molar-refractivity contribution is 0.233. The van der Waals surface area contributed by atoms with Crippen molar-refractivity contribution in [1.29, 1.82) is 0 Å². The van der Waals surface area contributed by atoms with Crippen molar-refractivity contribution in [3.8, 4) is 5.75 Å². The molecule has 2 aromatic carbocycles. The van der Waals surface area contributed by atoms with Crippen molar-refractivity contribution in [3.05, 3.63) is 77.4 Å². The van der Waals surface area contributed by atoms with Gasteiger partial charge in [-0.25, -0.2) is 0 Å². The summed E-state index contributed by atoms with van der Waals surface area (Å²) in [7, 11) is 0. The second-order valence-electron chi connectivity index (χ2n) is 8.16. The Labute approximate surface area is 162 Å². The van der Waals surface area contributed by atoms with E-state index in [0.29, 0.717) is 5.92 Å². The minimum absolute atomic E-state index is 0.0855. The average molecular weight is 363 g/mol. The van der Waals surface area contributed by atoms with Gasteiger partial charge in [-0.3, -0.25) is 4.90 Å². The summed E-state index contributed by atoms with van der Waals surface area (Å²) >= 11 is 0. The van der Waals surface area contributed by atoms with E-state index in [-0.39, 0.29) is 6.04 Å². The number of ether oxygens (including phenoxy) is 1. The maximum atomic E-state index is 5.98. The highest BCUT2D eigenvalue weighted by molar-refractivity contribution is 5.41. The number of nitrogens with zero attached hydrogens (tertiary/aromatic N) is 1. The molecule has 1 unspecified atom stereocenters. The zero-order chi connectivity index (χ0) is 18.8. The SMILES string of the molecule is C=CC1CN(Cc2ccc([C@H](C)N)cc2)Cc2ccc(OCC3CC3)cc21. The van der Waals surface area contributed by atoms with Crippen LogP contribution >= 0.6 is 0 Å². The Kier molecular flexibility index (Phi) is 5.33. The van der Waals surface area contributed by atoms with E-state index < -0.39 is 0 Å². The smallest absolute Gasteiger partial charge is 0.119 e. The summed E-state index contributed by atoms with van der Waals surface area (Å²) in [6.45, 7) is 9.89. The minimum atomic E-state index is 0.0855. The fourth-order valence-electron chi connectivity index (χ4n) is 3.84. The third-order valence-corrected chi connectivity index (χ3v) is 5.74. The summed E-state index contributed by atoms with van der Waals surface area (Å²) in [5.41, 5.74) is 11.2. The Morgan fingerprint density at radius 2 is 2.00 bits per heavy atom. The highest BCUT2D eigenvalue weighted by Gasteiger charge is 2.25. The van der Waals surface area contributed by atoms with Crippen LogP contribution in [0.3, 0.4) is 0 Å². The van der Waals surface area contributed by atoms with Gasteiger partial charge in [0.25, 0.3) is 0 Å². The van der Waals surface area contributed by atoms with Crippen LogP contribution in [0, 0.1) is 5.92 Å². The Morgan fingerprint density at radius 1 is 1.22 bits per heavy atom. The van der Waals surface area contributed by atoms with Crippen LogP contribution in [0.2, 0.25) is 0 Å². The highest BCUT2D eigenvalue weighted by atomic mass is 16.5. The molecule has 3 heteroatoms. The number of nitrogens with two attached hydrogens (primary N) is 1. The van der Waals surface area contributed by atoms with Crippen LogP contribution in [0.4, 0.5) is 0 Å². The van der Waals surface area contributed by atoms with Crippen molar-refractivity contribution in [3.63, 3.8) is 0 Å². The largest absolute Gasteiger partial charge is 0.493 e. The fraction of sp³-hybridized carbons (Fsp3) is 0.417. The quantitative estimate of drug-likeness (QED) is 0.720. The molecule has 1 aliphatic carbocycles. The van der Waals surface area contributed by atoms with Crippen molar-refractivity contribution < 1.29 is 4.74 Å². The number of hydrogen-bond acceptors (Lipinski definition) is 3. The van der Waals surface area contributed by atoms with Crippen LogP contribution in [0.1, 0.15) is 54.0 Å². The van der Waals surface area contributed by atoms with Gasteiger partial charge in [-0.05, 0) is 60.1 Å². The minimum Gasteiger partial charge on any atom is -0.493 e. The highest BCUT2D eigenvalue weighted by Crippen LogP contribution is 2.34. The van der Waals surface area contributed by atoms with Crippen molar-refractivity contribution in [2.45, 2.75) is 44.8 Å². The van der Waals surface area contributed by atoms with Crippen LogP contribution < -0.4 is 10.5 Å². The molecule has 2 atom stereocenters. The topological polar surface area (TPSA) is 38.5 Å². The van der Waals surface area contributed by atoms with Gasteiger partial charge in [0.05, 0.1) is 6.61 Å². The van der Waals surface area contributed by atoms with Crippen molar-refractivity contribution in [2.24, 2.45) is 11.7 Å². The summed E-state index contributed by atoms with van der Waals surface area (Å²) in [6, 6.07) is 15.4. The monoisotopic (exact) mass is 362 g/mol. The molecule has 1 fully saturated rings. The molecule has 142 valence electrons. The molecule has 2 aromatic rings. The first-order valence-electron chi connectivity index (χ1n) is 10.1. The standard InChI is InChI=1S/C24H30N2O/c1-3-20-14-26(13-18-6-8-21(9-7-18)17(2)25)15-22-10-11-23(12-24(20)22)27-16-19-4-5-19/h3,6-12,17,19-20H,1,4-5,13-16,25H2,2H3/t17-,20?/m0/s1. The van der Waals surface area contributed by atoms with Crippen LogP contribution in [0.5, 0.6) is 5.75 Å². The summed E-state index contributed by atoms with van der Waals surface area (Å²) < 4.78 is 5.98. The number of rotatable bonds is 7. The second kappa shape index (κ2) is 7.87. The van der Waals surface area contributed by atoms with E-state index in [1.165, 1.54) is 35.1 Å². The molecule has 0 radical (unpaired) electrons. The molecule has 2 N–H and O–H groups in total. The summed E-state index contributed by atoms with van der Waals surface area (Å²) in [5.74, 6) is 2.13. The molecule has 3 nitrogen and oxygen atoms in total. The van der Waals surface area contributed by atoms with E-state index in [4.69, 9.17) is 10.5 Å². The Hall–Kier alpha value is -2.10. The van der Waals surface area contributed by atoms with Crippen molar-refractivity contribution in [1.82, 2.24) is 4.90 Å². The van der Waals surface area contributed by atoms with Gasteiger partial charge in [-0.15, -0.1) is 6.58 Å². The number of hydrogen-bond donors (Lipinski definition) is 1. The van der Waals surface area contributed by atoms with Gasteiger partial charge in [-0.1, -0.05) is 36.4 Å². The summed E-state index contributed by atoms with van der Waals surface area (Å²) in [4.78, 5) is 2.50. The molecule has 1 saturated carbocycles. The lowest BCUT2D eigenvalue weighted by atomic mass is 9.89. The molecule has 0 saturated heterocycles. The Morgan fingerprint density at radius 3 is 2.67 bits per heavy atom. The molecule has 1 aliphatic heterocycles. The maximum Gasteiger partial charge on any atom is 0.119 e. The second-order valence-corrected chi connectivity index (χ2v) is 8.16. The first-order valence-corrected chi connectivity index (χ1v) is 10.1. The predicted octanol–water partition coefficient (Wildman–Crippen LogP) is 4.78. The molecule has 0 bridgehead atoms. The van der Waals surface area contributed by atoms with Crippen LogP contribution in [-0.2, 0) is 13.1 Å². The normalized spacial score (nSPS) is 20.7. The fourth-order valence-corrected chi connectivity index (χ4v) is 3.84. The van der Waals surface area contributed by atoms with Gasteiger partial charge in [-0.2, -0.15) is 0 Å². The van der Waals surface area contributed by atoms with Gasteiger partial charge in [0.2, 0.25) is 0 Å². The summed E-state index contributed by atoms with van der Waals surface area (Å²) in [5, 5.41) is 0. The Bertz CT molecular complexity index is 793. The average Bonchev–Trinajstić information content (AvgIpc) is 3.50. The van der Waals surface area contributed by atoms with Gasteiger partial charge in [0.1, 0.15) is 5.75 Å². The van der Waals surface area contributed by atoms with Crippen LogP contribution in [0.25, 0.3) is 0 Å².